The molecule has 24 heavy (non-hydrogen) atoms. The van der Waals surface area contributed by atoms with Crippen molar-refractivity contribution in [3.05, 3.63) is 28.9 Å². The van der Waals surface area contributed by atoms with E-state index in [1.165, 1.54) is 10.4 Å². The third-order valence-corrected chi connectivity index (χ3v) is 6.17. The predicted molar refractivity (Wildman–Crippen MR) is 92.6 cm³/mol. The van der Waals surface area contributed by atoms with Gasteiger partial charge in [-0.25, -0.2) is 9.97 Å². The highest BCUT2D eigenvalue weighted by Gasteiger charge is 2.42. The van der Waals surface area contributed by atoms with E-state index in [4.69, 9.17) is 10.5 Å². The number of nitrogen functional groups attached to an aromatic ring is 1. The molecule has 2 aromatic rings. The first-order valence-electron chi connectivity index (χ1n) is 8.18. The van der Waals surface area contributed by atoms with Crippen LogP contribution in [0.4, 0.5) is 5.82 Å². The van der Waals surface area contributed by atoms with Gasteiger partial charge in [0.15, 0.2) is 0 Å². The molecule has 1 fully saturated rings. The van der Waals surface area contributed by atoms with Gasteiger partial charge in [-0.05, 0) is 24.5 Å². The van der Waals surface area contributed by atoms with Crippen molar-refractivity contribution in [1.82, 2.24) is 14.9 Å². The van der Waals surface area contributed by atoms with Crippen LogP contribution < -0.4 is 5.73 Å². The first-order valence-corrected chi connectivity index (χ1v) is 9.00. The molecule has 0 aromatic carbocycles. The summed E-state index contributed by atoms with van der Waals surface area (Å²) in [6.07, 6.45) is 5.94. The third kappa shape index (κ3) is 2.57. The van der Waals surface area contributed by atoms with E-state index in [1.54, 1.807) is 30.7 Å². The number of hydrogen-bond acceptors (Lipinski definition) is 6. The Hall–Kier alpha value is -1.99. The van der Waals surface area contributed by atoms with E-state index < -0.39 is 0 Å². The number of fused-ring (bicyclic) bond motifs is 2. The van der Waals surface area contributed by atoms with Gasteiger partial charge in [0.05, 0.1) is 35.2 Å². The summed E-state index contributed by atoms with van der Waals surface area (Å²) in [6.45, 7) is 3.87. The monoisotopic (exact) mass is 344 g/mol. The maximum Gasteiger partial charge on any atom is 0.219 e. The van der Waals surface area contributed by atoms with Gasteiger partial charge in [0.2, 0.25) is 5.91 Å². The Morgan fingerprint density at radius 1 is 1.33 bits per heavy atom. The fourth-order valence-corrected chi connectivity index (χ4v) is 4.80. The molecule has 4 rings (SSSR count). The van der Waals surface area contributed by atoms with Crippen LogP contribution in [0.1, 0.15) is 30.2 Å². The van der Waals surface area contributed by atoms with Crippen LogP contribution in [0.2, 0.25) is 0 Å². The second-order valence-electron chi connectivity index (χ2n) is 6.37. The topological polar surface area (TPSA) is 81.3 Å². The third-order valence-electron chi connectivity index (χ3n) is 4.95. The highest BCUT2D eigenvalue weighted by Crippen LogP contribution is 2.46. The van der Waals surface area contributed by atoms with Gasteiger partial charge in [-0.3, -0.25) is 4.79 Å². The lowest BCUT2D eigenvalue weighted by atomic mass is 9.82. The van der Waals surface area contributed by atoms with E-state index in [0.29, 0.717) is 5.82 Å². The summed E-state index contributed by atoms with van der Waals surface area (Å²) in [5.74, 6) is 0.570. The van der Waals surface area contributed by atoms with Crippen LogP contribution in [0.15, 0.2) is 18.5 Å². The molecular formula is C17H20N4O2S. The van der Waals surface area contributed by atoms with Crippen LogP contribution in [0.5, 0.6) is 0 Å². The molecule has 0 atom stereocenters. The number of hydrogen-bond donors (Lipinski definition) is 1. The van der Waals surface area contributed by atoms with E-state index in [0.717, 1.165) is 49.5 Å². The molecule has 2 aromatic heterocycles. The lowest BCUT2D eigenvalue weighted by Gasteiger charge is -2.43. The second-order valence-corrected chi connectivity index (χ2v) is 7.51. The van der Waals surface area contributed by atoms with Crippen molar-refractivity contribution in [2.45, 2.75) is 31.8 Å². The largest absolute Gasteiger partial charge is 0.382 e. The molecule has 2 aliphatic rings. The zero-order chi connectivity index (χ0) is 16.7. The van der Waals surface area contributed by atoms with Gasteiger partial charge in [-0.2, -0.15) is 0 Å². The lowest BCUT2D eigenvalue weighted by Crippen LogP contribution is -2.47. The fourth-order valence-electron chi connectivity index (χ4n) is 3.60. The molecule has 1 spiro atoms. The number of nitrogens with zero attached hydrogens (tertiary/aromatic N) is 3. The van der Waals surface area contributed by atoms with Gasteiger partial charge < -0.3 is 15.4 Å². The number of ether oxygens (including phenoxy) is 1. The molecule has 2 aliphatic heterocycles. The minimum Gasteiger partial charge on any atom is -0.382 e. The average molecular weight is 344 g/mol. The van der Waals surface area contributed by atoms with Crippen molar-refractivity contribution < 1.29 is 9.53 Å². The normalized spacial score (nSPS) is 19.3. The zero-order valence-corrected chi connectivity index (χ0v) is 14.4. The van der Waals surface area contributed by atoms with Crippen molar-refractivity contribution >= 4 is 23.1 Å². The van der Waals surface area contributed by atoms with Crippen LogP contribution >= 0.6 is 11.3 Å². The molecule has 2 N–H and O–H groups in total. The van der Waals surface area contributed by atoms with Crippen molar-refractivity contribution in [2.75, 3.05) is 25.4 Å². The van der Waals surface area contributed by atoms with Crippen molar-refractivity contribution in [3.63, 3.8) is 0 Å². The molecule has 0 bridgehead atoms. The SMILES string of the molecule is CC(=O)N1CCC2(CC1)OCCc1sc(-c3cnc(N)cn3)cc12. The van der Waals surface area contributed by atoms with E-state index in [1.807, 2.05) is 4.90 Å². The molecule has 0 saturated carbocycles. The lowest BCUT2D eigenvalue weighted by molar-refractivity contribution is -0.138. The van der Waals surface area contributed by atoms with Crippen LogP contribution in [-0.4, -0.2) is 40.5 Å². The maximum absolute atomic E-state index is 11.6. The smallest absolute Gasteiger partial charge is 0.219 e. The van der Waals surface area contributed by atoms with E-state index in [2.05, 4.69) is 16.0 Å². The Kier molecular flexibility index (Phi) is 3.77. The van der Waals surface area contributed by atoms with Gasteiger partial charge in [0.1, 0.15) is 5.82 Å². The minimum absolute atomic E-state index is 0.143. The summed E-state index contributed by atoms with van der Waals surface area (Å²) in [4.78, 5) is 24.5. The molecule has 0 unspecified atom stereocenters. The Labute approximate surface area is 144 Å². The molecule has 126 valence electrons. The average Bonchev–Trinajstić information content (AvgIpc) is 3.02. The quantitative estimate of drug-likeness (QED) is 0.858. The van der Waals surface area contributed by atoms with Gasteiger partial charge in [-0.1, -0.05) is 0 Å². The van der Waals surface area contributed by atoms with E-state index >= 15 is 0 Å². The van der Waals surface area contributed by atoms with E-state index in [-0.39, 0.29) is 11.5 Å². The fraction of sp³-hybridized carbons (Fsp3) is 0.471. The number of thiophene rings is 1. The van der Waals surface area contributed by atoms with Gasteiger partial charge in [0.25, 0.3) is 0 Å². The highest BCUT2D eigenvalue weighted by molar-refractivity contribution is 7.15. The number of aromatic nitrogens is 2. The summed E-state index contributed by atoms with van der Waals surface area (Å²) >= 11 is 1.77. The zero-order valence-electron chi connectivity index (χ0n) is 13.6. The van der Waals surface area contributed by atoms with Crippen molar-refractivity contribution in [2.24, 2.45) is 0 Å². The molecule has 1 saturated heterocycles. The Balaban J connectivity index is 1.66. The summed E-state index contributed by atoms with van der Waals surface area (Å²) < 4.78 is 6.24. The Morgan fingerprint density at radius 2 is 2.12 bits per heavy atom. The van der Waals surface area contributed by atoms with Crippen LogP contribution in [0.3, 0.4) is 0 Å². The number of carbonyl (C=O) groups is 1. The minimum atomic E-state index is -0.254. The summed E-state index contributed by atoms with van der Waals surface area (Å²) in [5, 5.41) is 0. The highest BCUT2D eigenvalue weighted by atomic mass is 32.1. The van der Waals surface area contributed by atoms with Crippen molar-refractivity contribution in [1.29, 1.82) is 0 Å². The van der Waals surface area contributed by atoms with Gasteiger partial charge in [0, 0.05) is 31.3 Å². The second kappa shape index (κ2) is 5.82. The number of nitrogens with two attached hydrogens (primary N) is 1. The molecule has 0 radical (unpaired) electrons. The summed E-state index contributed by atoms with van der Waals surface area (Å²) in [6, 6.07) is 2.20. The molecular weight excluding hydrogens is 324 g/mol. The molecule has 0 aliphatic carbocycles. The van der Waals surface area contributed by atoms with Gasteiger partial charge in [-0.15, -0.1) is 11.3 Å². The van der Waals surface area contributed by atoms with Crippen LogP contribution in [-0.2, 0) is 21.6 Å². The van der Waals surface area contributed by atoms with E-state index in [9.17, 15) is 4.79 Å². The number of amides is 1. The number of anilines is 1. The molecule has 1 amide bonds. The number of piperidine rings is 1. The standard InChI is InChI=1S/C17H20N4O2S/c1-11(22)21-5-3-17(4-6-21)12-8-15(24-14(12)2-7-23-17)13-9-20-16(18)10-19-13/h8-10H,2-7H2,1H3,(H2,18,20). The summed E-state index contributed by atoms with van der Waals surface area (Å²) in [5.41, 5.74) is 7.50. The van der Waals surface area contributed by atoms with Gasteiger partial charge >= 0.3 is 0 Å². The Bertz CT molecular complexity index is 763. The Morgan fingerprint density at radius 3 is 2.79 bits per heavy atom. The molecule has 7 heteroatoms. The summed E-state index contributed by atoms with van der Waals surface area (Å²) in [7, 11) is 0. The van der Waals surface area contributed by atoms with Crippen LogP contribution in [0.25, 0.3) is 10.6 Å². The number of rotatable bonds is 1. The molecule has 4 heterocycles. The first kappa shape index (κ1) is 15.5. The predicted octanol–water partition coefficient (Wildman–Crippen LogP) is 2.20. The number of carbonyl (C=O) groups excluding carboxylic acids is 1. The van der Waals surface area contributed by atoms with Crippen LogP contribution in [0, 0.1) is 0 Å². The first-order chi connectivity index (χ1) is 11.6. The number of likely N-dealkylation sites (tertiary alicyclic amines) is 1. The van der Waals surface area contributed by atoms with Crippen molar-refractivity contribution in [3.8, 4) is 10.6 Å². The molecule has 6 nitrogen and oxygen atoms in total. The maximum atomic E-state index is 11.6.